The first kappa shape index (κ1) is 17.1. The first-order chi connectivity index (χ1) is 11.9. The molecule has 0 aromatic carbocycles. The Morgan fingerprint density at radius 2 is 2.00 bits per heavy atom. The topological polar surface area (TPSA) is 80.1 Å². The normalized spacial score (nSPS) is 15.2. The summed E-state index contributed by atoms with van der Waals surface area (Å²) in [4.78, 5) is 29.8. The van der Waals surface area contributed by atoms with Crippen LogP contribution >= 0.6 is 0 Å². The minimum Gasteiger partial charge on any atom is -0.343 e. The number of carbonyl (C=O) groups is 1. The summed E-state index contributed by atoms with van der Waals surface area (Å²) in [7, 11) is 1.63. The number of nitrogens with zero attached hydrogens (tertiary/aromatic N) is 4. The predicted molar refractivity (Wildman–Crippen MR) is 96.0 cm³/mol. The molecule has 1 fully saturated rings. The number of aromatic nitrogens is 3. The van der Waals surface area contributed by atoms with E-state index >= 15 is 0 Å². The molecule has 7 heteroatoms. The van der Waals surface area contributed by atoms with Gasteiger partial charge >= 0.3 is 0 Å². The Balaban J connectivity index is 1.69. The number of hydrogen-bond acceptors (Lipinski definition) is 5. The second kappa shape index (κ2) is 7.04. The van der Waals surface area contributed by atoms with Crippen LogP contribution in [0.15, 0.2) is 29.2 Å². The molecule has 0 unspecified atom stereocenters. The van der Waals surface area contributed by atoms with E-state index in [4.69, 9.17) is 0 Å². The lowest BCUT2D eigenvalue weighted by Gasteiger charge is -2.31. The number of amides is 1. The van der Waals surface area contributed by atoms with Crippen molar-refractivity contribution >= 4 is 17.4 Å². The van der Waals surface area contributed by atoms with Crippen molar-refractivity contribution in [2.45, 2.75) is 32.6 Å². The Labute approximate surface area is 146 Å². The molecule has 0 saturated carbocycles. The van der Waals surface area contributed by atoms with E-state index in [0.29, 0.717) is 17.4 Å². The van der Waals surface area contributed by atoms with E-state index in [1.165, 1.54) is 10.2 Å². The molecule has 3 heterocycles. The molecule has 25 heavy (non-hydrogen) atoms. The Kier molecular flexibility index (Phi) is 4.83. The Bertz CT molecular complexity index is 820. The Hall–Kier alpha value is -2.70. The molecule has 1 aliphatic rings. The number of hydrogen-bond donors (Lipinski definition) is 1. The summed E-state index contributed by atoms with van der Waals surface area (Å²) in [5.41, 5.74) is 2.21. The van der Waals surface area contributed by atoms with Gasteiger partial charge in [0, 0.05) is 33.3 Å². The van der Waals surface area contributed by atoms with Gasteiger partial charge in [-0.2, -0.15) is 5.10 Å². The third-order valence-electron chi connectivity index (χ3n) is 4.65. The maximum atomic E-state index is 12.1. The average molecular weight is 341 g/mol. The SMILES string of the molecule is CC(=O)N1CCC(c2ccc(Nc3cc(C)nn(C)c3=O)nc2)CC1. The van der Waals surface area contributed by atoms with Gasteiger partial charge in [0.2, 0.25) is 5.91 Å². The molecule has 132 valence electrons. The van der Waals surface area contributed by atoms with Crippen molar-refractivity contribution in [2.75, 3.05) is 18.4 Å². The van der Waals surface area contributed by atoms with Gasteiger partial charge in [-0.25, -0.2) is 9.67 Å². The number of likely N-dealkylation sites (tertiary alicyclic amines) is 1. The van der Waals surface area contributed by atoms with Gasteiger partial charge in [0.25, 0.3) is 5.56 Å². The van der Waals surface area contributed by atoms with E-state index in [0.717, 1.165) is 31.6 Å². The Morgan fingerprint density at radius 3 is 2.60 bits per heavy atom. The van der Waals surface area contributed by atoms with Crippen LogP contribution in [0.1, 0.15) is 36.9 Å². The van der Waals surface area contributed by atoms with E-state index in [2.05, 4.69) is 15.4 Å². The summed E-state index contributed by atoms with van der Waals surface area (Å²) >= 11 is 0. The highest BCUT2D eigenvalue weighted by atomic mass is 16.2. The number of nitrogens with one attached hydrogen (secondary N) is 1. The van der Waals surface area contributed by atoms with Crippen molar-refractivity contribution in [1.82, 2.24) is 19.7 Å². The molecular formula is C18H23N5O2. The molecule has 0 aliphatic carbocycles. The minimum atomic E-state index is -0.187. The number of piperidine rings is 1. The molecule has 2 aromatic rings. The van der Waals surface area contributed by atoms with Crippen molar-refractivity contribution in [3.05, 3.63) is 46.0 Å². The van der Waals surface area contributed by atoms with Crippen LogP contribution in [-0.2, 0) is 11.8 Å². The zero-order valence-corrected chi connectivity index (χ0v) is 14.8. The molecule has 0 spiro atoms. The van der Waals surface area contributed by atoms with Gasteiger partial charge in [-0.05, 0) is 43.4 Å². The average Bonchev–Trinajstić information content (AvgIpc) is 2.60. The summed E-state index contributed by atoms with van der Waals surface area (Å²) < 4.78 is 1.31. The lowest BCUT2D eigenvalue weighted by Crippen LogP contribution is -2.36. The molecule has 1 N–H and O–H groups in total. The number of carbonyl (C=O) groups excluding carboxylic acids is 1. The fourth-order valence-electron chi connectivity index (χ4n) is 3.23. The smallest absolute Gasteiger partial charge is 0.290 e. The van der Waals surface area contributed by atoms with Gasteiger partial charge in [-0.1, -0.05) is 6.07 Å². The largest absolute Gasteiger partial charge is 0.343 e. The summed E-state index contributed by atoms with van der Waals surface area (Å²) in [6, 6.07) is 5.65. The molecule has 0 atom stereocenters. The maximum absolute atomic E-state index is 12.1. The van der Waals surface area contributed by atoms with Crippen molar-refractivity contribution in [3.63, 3.8) is 0 Å². The van der Waals surface area contributed by atoms with E-state index in [-0.39, 0.29) is 11.5 Å². The van der Waals surface area contributed by atoms with Gasteiger partial charge in [-0.3, -0.25) is 9.59 Å². The second-order valence-electron chi connectivity index (χ2n) is 6.51. The van der Waals surface area contributed by atoms with Gasteiger partial charge in [0.15, 0.2) is 0 Å². The molecule has 1 aliphatic heterocycles. The Morgan fingerprint density at radius 1 is 1.28 bits per heavy atom. The maximum Gasteiger partial charge on any atom is 0.290 e. The zero-order chi connectivity index (χ0) is 18.0. The second-order valence-corrected chi connectivity index (χ2v) is 6.51. The third-order valence-corrected chi connectivity index (χ3v) is 4.65. The molecule has 1 saturated heterocycles. The third kappa shape index (κ3) is 3.87. The number of aryl methyl sites for hydroxylation is 2. The van der Waals surface area contributed by atoms with Crippen molar-refractivity contribution in [2.24, 2.45) is 7.05 Å². The monoisotopic (exact) mass is 341 g/mol. The molecule has 0 bridgehead atoms. The van der Waals surface area contributed by atoms with E-state index in [1.807, 2.05) is 30.2 Å². The van der Waals surface area contributed by atoms with Crippen LogP contribution in [-0.4, -0.2) is 38.7 Å². The molecular weight excluding hydrogens is 318 g/mol. The number of pyridine rings is 1. The number of anilines is 2. The van der Waals surface area contributed by atoms with Gasteiger partial charge in [0.1, 0.15) is 11.5 Å². The first-order valence-corrected chi connectivity index (χ1v) is 8.47. The van der Waals surface area contributed by atoms with E-state index in [9.17, 15) is 9.59 Å². The van der Waals surface area contributed by atoms with Crippen molar-refractivity contribution < 1.29 is 4.79 Å². The van der Waals surface area contributed by atoms with E-state index < -0.39 is 0 Å². The molecule has 0 radical (unpaired) electrons. The van der Waals surface area contributed by atoms with Gasteiger partial charge in [-0.15, -0.1) is 0 Å². The summed E-state index contributed by atoms with van der Waals surface area (Å²) in [6.07, 6.45) is 3.77. The highest BCUT2D eigenvalue weighted by Crippen LogP contribution is 2.28. The summed E-state index contributed by atoms with van der Waals surface area (Å²) in [5, 5.41) is 7.15. The van der Waals surface area contributed by atoms with Crippen LogP contribution in [0.5, 0.6) is 0 Å². The van der Waals surface area contributed by atoms with Crippen LogP contribution in [0.2, 0.25) is 0 Å². The lowest BCUT2D eigenvalue weighted by molar-refractivity contribution is -0.129. The molecule has 1 amide bonds. The van der Waals surface area contributed by atoms with Gasteiger partial charge < -0.3 is 10.2 Å². The van der Waals surface area contributed by atoms with Crippen molar-refractivity contribution in [3.8, 4) is 0 Å². The fourth-order valence-corrected chi connectivity index (χ4v) is 3.23. The zero-order valence-electron chi connectivity index (χ0n) is 14.8. The minimum absolute atomic E-state index is 0.144. The first-order valence-electron chi connectivity index (χ1n) is 8.47. The van der Waals surface area contributed by atoms with Gasteiger partial charge in [0.05, 0.1) is 5.69 Å². The predicted octanol–water partition coefficient (Wildman–Crippen LogP) is 1.95. The van der Waals surface area contributed by atoms with Crippen LogP contribution in [0, 0.1) is 6.92 Å². The molecule has 7 nitrogen and oxygen atoms in total. The highest BCUT2D eigenvalue weighted by Gasteiger charge is 2.22. The quantitative estimate of drug-likeness (QED) is 0.923. The standard InChI is InChI=1S/C18H23N5O2/c1-12-10-16(18(25)22(3)21-12)20-17-5-4-15(11-19-17)14-6-8-23(9-7-14)13(2)24/h4-5,10-11,14H,6-9H2,1-3H3,(H,19,20). The molecule has 2 aromatic heterocycles. The van der Waals surface area contributed by atoms with Crippen LogP contribution in [0.4, 0.5) is 11.5 Å². The molecule has 3 rings (SSSR count). The fraction of sp³-hybridized carbons (Fsp3) is 0.444. The van der Waals surface area contributed by atoms with E-state index in [1.54, 1.807) is 20.0 Å². The van der Waals surface area contributed by atoms with Crippen LogP contribution in [0.25, 0.3) is 0 Å². The van der Waals surface area contributed by atoms with Crippen LogP contribution < -0.4 is 10.9 Å². The van der Waals surface area contributed by atoms with Crippen LogP contribution in [0.3, 0.4) is 0 Å². The summed E-state index contributed by atoms with van der Waals surface area (Å²) in [5.74, 6) is 1.20. The highest BCUT2D eigenvalue weighted by molar-refractivity contribution is 5.73. The number of rotatable bonds is 3. The van der Waals surface area contributed by atoms with Crippen molar-refractivity contribution in [1.29, 1.82) is 0 Å². The lowest BCUT2D eigenvalue weighted by atomic mass is 9.90. The summed E-state index contributed by atoms with van der Waals surface area (Å²) in [6.45, 7) is 5.06.